The van der Waals surface area contributed by atoms with Crippen LogP contribution in [0.15, 0.2) is 24.3 Å². The number of rotatable bonds is 4. The summed E-state index contributed by atoms with van der Waals surface area (Å²) >= 11 is 0. The van der Waals surface area contributed by atoms with Crippen molar-refractivity contribution >= 4 is 11.7 Å². The minimum Gasteiger partial charge on any atom is -0.375 e. The van der Waals surface area contributed by atoms with Crippen LogP contribution in [0.4, 0.5) is 10.5 Å². The highest BCUT2D eigenvalue weighted by molar-refractivity contribution is 5.89. The minimum atomic E-state index is -0.0498. The van der Waals surface area contributed by atoms with E-state index < -0.39 is 0 Å². The van der Waals surface area contributed by atoms with Crippen LogP contribution < -0.4 is 10.6 Å². The Morgan fingerprint density at radius 2 is 2.14 bits per heavy atom. The van der Waals surface area contributed by atoms with Crippen molar-refractivity contribution in [3.63, 3.8) is 0 Å². The maximum atomic E-state index is 12.3. The molecule has 2 rings (SSSR count). The van der Waals surface area contributed by atoms with Gasteiger partial charge in [-0.25, -0.2) is 4.79 Å². The fourth-order valence-electron chi connectivity index (χ4n) is 2.38. The summed E-state index contributed by atoms with van der Waals surface area (Å²) in [7, 11) is 1.93. The van der Waals surface area contributed by atoms with Crippen molar-refractivity contribution in [3.05, 3.63) is 29.8 Å². The summed E-state index contributed by atoms with van der Waals surface area (Å²) in [6.45, 7) is 6.11. The molecule has 0 bridgehead atoms. The van der Waals surface area contributed by atoms with Gasteiger partial charge in [0.25, 0.3) is 0 Å². The highest BCUT2D eigenvalue weighted by Gasteiger charge is 2.22. The zero-order chi connectivity index (χ0) is 15.2. The van der Waals surface area contributed by atoms with Crippen molar-refractivity contribution in [1.82, 2.24) is 10.2 Å². The summed E-state index contributed by atoms with van der Waals surface area (Å²) in [5, 5.41) is 6.15. The number of hydrogen-bond donors (Lipinski definition) is 2. The topological polar surface area (TPSA) is 53.6 Å². The van der Waals surface area contributed by atoms with E-state index in [2.05, 4.69) is 24.5 Å². The lowest BCUT2D eigenvalue weighted by molar-refractivity contribution is -0.0134. The van der Waals surface area contributed by atoms with Crippen LogP contribution in [0.5, 0.6) is 0 Å². The minimum absolute atomic E-state index is 0.0498. The molecule has 0 spiro atoms. The molecule has 2 unspecified atom stereocenters. The number of carbonyl (C=O) groups excluding carboxylic acids is 1. The fourth-order valence-corrected chi connectivity index (χ4v) is 2.38. The Morgan fingerprint density at radius 1 is 1.43 bits per heavy atom. The Balaban J connectivity index is 1.93. The largest absolute Gasteiger partial charge is 0.375 e. The number of amides is 2. The summed E-state index contributed by atoms with van der Waals surface area (Å²) in [6, 6.07) is 8.21. The van der Waals surface area contributed by atoms with Crippen LogP contribution in [0, 0.1) is 0 Å². The zero-order valence-electron chi connectivity index (χ0n) is 13.1. The number of benzene rings is 1. The molecule has 5 nitrogen and oxygen atoms in total. The van der Waals surface area contributed by atoms with Gasteiger partial charge in [-0.3, -0.25) is 0 Å². The van der Waals surface area contributed by atoms with Gasteiger partial charge in [-0.2, -0.15) is 0 Å². The van der Waals surface area contributed by atoms with Gasteiger partial charge in [0, 0.05) is 24.8 Å². The standard InChI is InChI=1S/C16H25N3O2/c1-4-15-11-19(9-10-21-15)16(20)18-14-7-5-13(6-8-14)12(2)17-3/h5-8,12,15,17H,4,9-11H2,1-3H3,(H,18,20). The first-order valence-corrected chi connectivity index (χ1v) is 7.58. The third-order valence-electron chi connectivity index (χ3n) is 3.98. The fraction of sp³-hybridized carbons (Fsp3) is 0.562. The maximum absolute atomic E-state index is 12.3. The van der Waals surface area contributed by atoms with Crippen molar-refractivity contribution < 1.29 is 9.53 Å². The van der Waals surface area contributed by atoms with Gasteiger partial charge in [0.1, 0.15) is 0 Å². The number of nitrogens with one attached hydrogen (secondary N) is 2. The molecule has 2 atom stereocenters. The zero-order valence-corrected chi connectivity index (χ0v) is 13.1. The predicted octanol–water partition coefficient (Wildman–Crippen LogP) is 2.61. The van der Waals surface area contributed by atoms with Crippen LogP contribution in [0.1, 0.15) is 31.9 Å². The molecule has 1 saturated heterocycles. The van der Waals surface area contributed by atoms with Crippen molar-refractivity contribution in [3.8, 4) is 0 Å². The molecule has 1 aliphatic rings. The Morgan fingerprint density at radius 3 is 2.76 bits per heavy atom. The SMILES string of the molecule is CCC1CN(C(=O)Nc2ccc(C(C)NC)cc2)CCO1. The summed E-state index contributed by atoms with van der Waals surface area (Å²) in [4.78, 5) is 14.1. The van der Waals surface area contributed by atoms with E-state index in [4.69, 9.17) is 4.74 Å². The average molecular weight is 291 g/mol. The molecule has 1 heterocycles. The molecule has 1 aromatic carbocycles. The van der Waals surface area contributed by atoms with Gasteiger partial charge in [0.15, 0.2) is 0 Å². The molecule has 21 heavy (non-hydrogen) atoms. The van der Waals surface area contributed by atoms with Crippen LogP contribution >= 0.6 is 0 Å². The van der Waals surface area contributed by atoms with E-state index in [0.29, 0.717) is 25.7 Å². The first-order chi connectivity index (χ1) is 10.1. The average Bonchev–Trinajstić information content (AvgIpc) is 2.54. The molecule has 1 aliphatic heterocycles. The van der Waals surface area contributed by atoms with E-state index in [-0.39, 0.29) is 12.1 Å². The van der Waals surface area contributed by atoms with Crippen LogP contribution in [0.3, 0.4) is 0 Å². The molecule has 1 aromatic rings. The van der Waals surface area contributed by atoms with Crippen LogP contribution in [0.2, 0.25) is 0 Å². The van der Waals surface area contributed by atoms with Gasteiger partial charge < -0.3 is 20.3 Å². The van der Waals surface area contributed by atoms with E-state index in [0.717, 1.165) is 12.1 Å². The third-order valence-corrected chi connectivity index (χ3v) is 3.98. The molecule has 0 radical (unpaired) electrons. The van der Waals surface area contributed by atoms with Crippen LogP contribution in [-0.4, -0.2) is 43.8 Å². The van der Waals surface area contributed by atoms with Crippen molar-refractivity contribution in [2.24, 2.45) is 0 Å². The second kappa shape index (κ2) is 7.43. The summed E-state index contributed by atoms with van der Waals surface area (Å²) in [5.74, 6) is 0. The summed E-state index contributed by atoms with van der Waals surface area (Å²) in [5.41, 5.74) is 2.03. The molecule has 5 heteroatoms. The first-order valence-electron chi connectivity index (χ1n) is 7.58. The van der Waals surface area contributed by atoms with E-state index in [1.807, 2.05) is 36.2 Å². The number of ether oxygens (including phenoxy) is 1. The highest BCUT2D eigenvalue weighted by atomic mass is 16.5. The van der Waals surface area contributed by atoms with E-state index in [9.17, 15) is 4.79 Å². The summed E-state index contributed by atoms with van der Waals surface area (Å²) in [6.07, 6.45) is 1.09. The van der Waals surface area contributed by atoms with Gasteiger partial charge in [-0.05, 0) is 38.1 Å². The van der Waals surface area contributed by atoms with Gasteiger partial charge in [-0.15, -0.1) is 0 Å². The Labute approximate surface area is 126 Å². The predicted molar refractivity (Wildman–Crippen MR) is 84.5 cm³/mol. The number of morpholine rings is 1. The van der Waals surface area contributed by atoms with Crippen LogP contribution in [-0.2, 0) is 4.74 Å². The number of anilines is 1. The van der Waals surface area contributed by atoms with Gasteiger partial charge in [-0.1, -0.05) is 19.1 Å². The number of nitrogens with zero attached hydrogens (tertiary/aromatic N) is 1. The molecular formula is C16H25N3O2. The quantitative estimate of drug-likeness (QED) is 0.896. The number of urea groups is 1. The smallest absolute Gasteiger partial charge is 0.322 e. The van der Waals surface area contributed by atoms with Crippen molar-refractivity contribution in [1.29, 1.82) is 0 Å². The van der Waals surface area contributed by atoms with E-state index in [1.165, 1.54) is 5.56 Å². The Hall–Kier alpha value is -1.59. The normalized spacial score (nSPS) is 20.1. The Kier molecular flexibility index (Phi) is 5.59. The van der Waals surface area contributed by atoms with Gasteiger partial charge in [0.05, 0.1) is 12.7 Å². The molecule has 116 valence electrons. The summed E-state index contributed by atoms with van der Waals surface area (Å²) < 4.78 is 5.58. The molecule has 0 saturated carbocycles. The third kappa shape index (κ3) is 4.19. The molecule has 0 aliphatic carbocycles. The lowest BCUT2D eigenvalue weighted by Gasteiger charge is -2.32. The van der Waals surface area contributed by atoms with E-state index >= 15 is 0 Å². The molecule has 2 amide bonds. The highest BCUT2D eigenvalue weighted by Crippen LogP contribution is 2.16. The molecule has 1 fully saturated rings. The van der Waals surface area contributed by atoms with Crippen LogP contribution in [0.25, 0.3) is 0 Å². The Bertz CT molecular complexity index is 461. The molecule has 2 N–H and O–H groups in total. The van der Waals surface area contributed by atoms with Crippen molar-refractivity contribution in [2.75, 3.05) is 32.1 Å². The number of carbonyl (C=O) groups is 1. The van der Waals surface area contributed by atoms with Gasteiger partial charge in [0.2, 0.25) is 0 Å². The first kappa shape index (κ1) is 15.8. The lowest BCUT2D eigenvalue weighted by Crippen LogP contribution is -2.47. The maximum Gasteiger partial charge on any atom is 0.322 e. The second-order valence-corrected chi connectivity index (χ2v) is 5.41. The molecule has 0 aromatic heterocycles. The monoisotopic (exact) mass is 291 g/mol. The molecular weight excluding hydrogens is 266 g/mol. The second-order valence-electron chi connectivity index (χ2n) is 5.41. The van der Waals surface area contributed by atoms with Crippen molar-refractivity contribution in [2.45, 2.75) is 32.4 Å². The van der Waals surface area contributed by atoms with Gasteiger partial charge >= 0.3 is 6.03 Å². The van der Waals surface area contributed by atoms with E-state index in [1.54, 1.807) is 0 Å². The number of hydrogen-bond acceptors (Lipinski definition) is 3. The lowest BCUT2D eigenvalue weighted by atomic mass is 10.1.